The van der Waals surface area contributed by atoms with Crippen LogP contribution >= 0.6 is 0 Å². The summed E-state index contributed by atoms with van der Waals surface area (Å²) >= 11 is 0. The molecule has 0 heterocycles. The van der Waals surface area contributed by atoms with Gasteiger partial charge in [-0.3, -0.25) is 19.7 Å². The van der Waals surface area contributed by atoms with E-state index >= 15 is 0 Å². The second-order valence-electron chi connectivity index (χ2n) is 4.42. The molecule has 0 aliphatic rings. The number of benzene rings is 1. The van der Waals surface area contributed by atoms with Crippen LogP contribution in [-0.4, -0.2) is 31.1 Å². The normalized spacial score (nSPS) is 10.3. The number of methoxy groups -OCH3 is 2. The van der Waals surface area contributed by atoms with Gasteiger partial charge in [-0.1, -0.05) is 6.07 Å². The zero-order valence-electron chi connectivity index (χ0n) is 12.8. The Bertz CT molecular complexity index is 610. The summed E-state index contributed by atoms with van der Waals surface area (Å²) in [6.07, 6.45) is 2.60. The molecule has 124 valence electrons. The molecule has 0 N–H and O–H groups in total. The first kappa shape index (κ1) is 18.1. The largest absolute Gasteiger partial charge is 0.493 e. The van der Waals surface area contributed by atoms with Crippen molar-refractivity contribution in [1.29, 1.82) is 0 Å². The maximum Gasteiger partial charge on any atom is 0.311 e. The van der Waals surface area contributed by atoms with E-state index in [0.717, 1.165) is 6.20 Å². The third-order valence-corrected chi connectivity index (χ3v) is 2.79. The van der Waals surface area contributed by atoms with Crippen LogP contribution in [0.5, 0.6) is 11.5 Å². The molecule has 0 unspecified atom stereocenters. The van der Waals surface area contributed by atoms with Crippen LogP contribution in [0.15, 0.2) is 24.4 Å². The van der Waals surface area contributed by atoms with E-state index in [9.17, 15) is 19.7 Å². The van der Waals surface area contributed by atoms with Crippen molar-refractivity contribution in [2.24, 2.45) is 0 Å². The molecule has 0 amide bonds. The third kappa shape index (κ3) is 6.60. The van der Waals surface area contributed by atoms with E-state index in [1.807, 2.05) is 0 Å². The molecule has 23 heavy (non-hydrogen) atoms. The highest BCUT2D eigenvalue weighted by molar-refractivity contribution is 5.75. The summed E-state index contributed by atoms with van der Waals surface area (Å²) in [6, 6.07) is 4.55. The van der Waals surface area contributed by atoms with E-state index in [-0.39, 0.29) is 24.3 Å². The second-order valence-corrected chi connectivity index (χ2v) is 4.42. The Morgan fingerprint density at radius 3 is 2.48 bits per heavy atom. The number of carbonyl (C=O) groups excluding carboxylic acids is 2. The fraction of sp³-hybridized carbons (Fsp3) is 0.333. The summed E-state index contributed by atoms with van der Waals surface area (Å²) in [5, 5.41) is 10.3. The molecule has 0 fully saturated rings. The highest BCUT2D eigenvalue weighted by Crippen LogP contribution is 2.29. The lowest BCUT2D eigenvalue weighted by Crippen LogP contribution is -2.10. The molecule has 0 spiro atoms. The number of carbonyl (C=O) groups is 2. The van der Waals surface area contributed by atoms with Crippen LogP contribution < -0.4 is 9.47 Å². The average Bonchev–Trinajstić information content (AvgIpc) is 2.53. The van der Waals surface area contributed by atoms with E-state index in [4.69, 9.17) is 9.47 Å². The van der Waals surface area contributed by atoms with Crippen molar-refractivity contribution in [3.05, 3.63) is 40.1 Å². The van der Waals surface area contributed by atoms with Crippen LogP contribution in [0.3, 0.4) is 0 Å². The summed E-state index contributed by atoms with van der Waals surface area (Å²) < 4.78 is 14.7. The molecule has 0 aliphatic carbocycles. The van der Waals surface area contributed by atoms with Crippen LogP contribution in [0.4, 0.5) is 0 Å². The lowest BCUT2D eigenvalue weighted by Gasteiger charge is -2.09. The molecule has 8 heteroatoms. The zero-order chi connectivity index (χ0) is 17.2. The van der Waals surface area contributed by atoms with Crippen molar-refractivity contribution in [1.82, 2.24) is 0 Å². The van der Waals surface area contributed by atoms with Crippen molar-refractivity contribution < 1.29 is 28.7 Å². The molecule has 0 saturated carbocycles. The Morgan fingerprint density at radius 2 is 1.87 bits per heavy atom. The predicted octanol–water partition coefficient (Wildman–Crippen LogP) is 2.19. The first-order valence-electron chi connectivity index (χ1n) is 6.73. The van der Waals surface area contributed by atoms with Crippen LogP contribution in [0.25, 0.3) is 6.08 Å². The molecule has 0 saturated heterocycles. The molecule has 0 aliphatic heterocycles. The monoisotopic (exact) mass is 323 g/mol. The van der Waals surface area contributed by atoms with Gasteiger partial charge in [0, 0.05) is 18.9 Å². The molecular weight excluding hydrogens is 306 g/mol. The molecule has 1 rings (SSSR count). The van der Waals surface area contributed by atoms with Gasteiger partial charge < -0.3 is 14.2 Å². The maximum atomic E-state index is 11.7. The van der Waals surface area contributed by atoms with E-state index in [0.29, 0.717) is 12.0 Å². The Balaban J connectivity index is 2.67. The fourth-order valence-corrected chi connectivity index (χ4v) is 1.67. The molecule has 1 aromatic rings. The number of nitrogens with zero attached hydrogens (tertiary/aromatic N) is 1. The molecule has 0 radical (unpaired) electrons. The lowest BCUT2D eigenvalue weighted by molar-refractivity contribution is -0.400. The second kappa shape index (κ2) is 9.19. The minimum atomic E-state index is -0.582. The number of ether oxygens (including phenoxy) is 3. The van der Waals surface area contributed by atoms with Gasteiger partial charge in [0.15, 0.2) is 11.5 Å². The average molecular weight is 323 g/mol. The number of hydrogen-bond acceptors (Lipinski definition) is 7. The number of hydrogen-bond donors (Lipinski definition) is 0. The van der Waals surface area contributed by atoms with Gasteiger partial charge in [0.05, 0.1) is 19.1 Å². The predicted molar refractivity (Wildman–Crippen MR) is 80.5 cm³/mol. The Hall–Kier alpha value is -2.90. The van der Waals surface area contributed by atoms with E-state index in [2.05, 4.69) is 4.74 Å². The van der Waals surface area contributed by atoms with Crippen LogP contribution in [0, 0.1) is 10.1 Å². The smallest absolute Gasteiger partial charge is 0.311 e. The van der Waals surface area contributed by atoms with E-state index in [1.165, 1.54) is 32.4 Å². The van der Waals surface area contributed by atoms with Gasteiger partial charge >= 0.3 is 11.9 Å². The Morgan fingerprint density at radius 1 is 1.17 bits per heavy atom. The Kier molecular flexibility index (Phi) is 7.25. The molecule has 0 bridgehead atoms. The van der Waals surface area contributed by atoms with Crippen LogP contribution in [0.1, 0.15) is 24.8 Å². The summed E-state index contributed by atoms with van der Waals surface area (Å²) in [7, 11) is 2.67. The van der Waals surface area contributed by atoms with Crippen molar-refractivity contribution >= 4 is 18.0 Å². The molecule has 0 atom stereocenters. The van der Waals surface area contributed by atoms with Gasteiger partial charge in [-0.05, 0) is 24.1 Å². The van der Waals surface area contributed by atoms with Gasteiger partial charge in [0.25, 0.3) is 0 Å². The van der Waals surface area contributed by atoms with Crippen LogP contribution in [-0.2, 0) is 14.3 Å². The Labute approximate surface area is 132 Å². The summed E-state index contributed by atoms with van der Waals surface area (Å²) in [5.41, 5.74) is 0.532. The molecule has 1 aromatic carbocycles. The first-order valence-corrected chi connectivity index (χ1v) is 6.73. The standard InChI is InChI=1S/C15H17NO7/c1-21-13-10-11(8-9-16(19)20)6-7-12(13)23-15(18)5-3-4-14(17)22-2/h6-10H,3-5H2,1-2H3/b9-8+. The van der Waals surface area contributed by atoms with Crippen molar-refractivity contribution in [2.75, 3.05) is 14.2 Å². The maximum absolute atomic E-state index is 11.7. The van der Waals surface area contributed by atoms with Gasteiger partial charge in [-0.2, -0.15) is 0 Å². The molecule has 8 nitrogen and oxygen atoms in total. The quantitative estimate of drug-likeness (QED) is 0.312. The highest BCUT2D eigenvalue weighted by atomic mass is 16.6. The number of esters is 2. The molecule has 0 aromatic heterocycles. The third-order valence-electron chi connectivity index (χ3n) is 2.79. The first-order chi connectivity index (χ1) is 11.0. The number of rotatable bonds is 8. The minimum Gasteiger partial charge on any atom is -0.493 e. The van der Waals surface area contributed by atoms with Crippen molar-refractivity contribution in [3.8, 4) is 11.5 Å². The lowest BCUT2D eigenvalue weighted by atomic mass is 10.2. The SMILES string of the molecule is COC(=O)CCCC(=O)Oc1ccc(/C=C/[N+](=O)[O-])cc1OC. The van der Waals surface area contributed by atoms with Gasteiger partial charge in [-0.25, -0.2) is 0 Å². The van der Waals surface area contributed by atoms with E-state index < -0.39 is 16.9 Å². The van der Waals surface area contributed by atoms with Gasteiger partial charge in [0.2, 0.25) is 6.20 Å². The number of nitro groups is 1. The minimum absolute atomic E-state index is 0.0568. The zero-order valence-corrected chi connectivity index (χ0v) is 12.8. The fourth-order valence-electron chi connectivity index (χ4n) is 1.67. The molecular formula is C15H17NO7. The summed E-state index contributed by atoms with van der Waals surface area (Å²) in [5.74, 6) is -0.427. The van der Waals surface area contributed by atoms with Crippen LogP contribution in [0.2, 0.25) is 0 Å². The van der Waals surface area contributed by atoms with Gasteiger partial charge in [0.1, 0.15) is 0 Å². The topological polar surface area (TPSA) is 105 Å². The van der Waals surface area contributed by atoms with Gasteiger partial charge in [-0.15, -0.1) is 0 Å². The summed E-state index contributed by atoms with van der Waals surface area (Å²) in [6.45, 7) is 0. The van der Waals surface area contributed by atoms with E-state index in [1.54, 1.807) is 6.07 Å². The van der Waals surface area contributed by atoms with Crippen molar-refractivity contribution in [3.63, 3.8) is 0 Å². The summed E-state index contributed by atoms with van der Waals surface area (Å²) in [4.78, 5) is 32.4. The highest BCUT2D eigenvalue weighted by Gasteiger charge is 2.11. The van der Waals surface area contributed by atoms with Crippen molar-refractivity contribution in [2.45, 2.75) is 19.3 Å².